The van der Waals surface area contributed by atoms with E-state index in [0.717, 1.165) is 11.5 Å². The van der Waals surface area contributed by atoms with Gasteiger partial charge in [0.2, 0.25) is 0 Å². The van der Waals surface area contributed by atoms with Crippen molar-refractivity contribution in [3.63, 3.8) is 0 Å². The summed E-state index contributed by atoms with van der Waals surface area (Å²) in [6.07, 6.45) is 0. The third-order valence-corrected chi connectivity index (χ3v) is 2.34. The summed E-state index contributed by atoms with van der Waals surface area (Å²) in [6.45, 7) is 0. The lowest BCUT2D eigenvalue weighted by Crippen LogP contribution is -1.83. The lowest BCUT2D eigenvalue weighted by Gasteiger charge is -2.03. The maximum atomic E-state index is 5.36. The fourth-order valence-electron chi connectivity index (χ4n) is 1.07. The van der Waals surface area contributed by atoms with Gasteiger partial charge in [0.05, 0.1) is 0 Å². The van der Waals surface area contributed by atoms with Crippen LogP contribution in [0.15, 0.2) is 60.7 Å². The van der Waals surface area contributed by atoms with Crippen LogP contribution in [0, 0.1) is 0 Å². The van der Waals surface area contributed by atoms with Gasteiger partial charge in [0, 0.05) is 0 Å². The van der Waals surface area contributed by atoms with Crippen molar-refractivity contribution in [2.45, 2.75) is 0 Å². The van der Waals surface area contributed by atoms with Gasteiger partial charge in [-0.1, -0.05) is 36.4 Å². The molecule has 1 radical (unpaired) electrons. The monoisotopic (exact) mass is 217 g/mol. The minimum atomic E-state index is 0.473. The summed E-state index contributed by atoms with van der Waals surface area (Å²) in [5.41, 5.74) is 0. The molecule has 2 rings (SSSR count). The first-order valence-corrected chi connectivity index (χ1v) is 5.33. The Morgan fingerprint density at radius 2 is 1.00 bits per heavy atom. The van der Waals surface area contributed by atoms with Gasteiger partial charge in [0.15, 0.2) is 0 Å². The summed E-state index contributed by atoms with van der Waals surface area (Å²) in [6, 6.07) is 19.1. The molecule has 0 spiro atoms. The van der Waals surface area contributed by atoms with Gasteiger partial charge in [-0.3, -0.25) is 0 Å². The zero-order valence-electron chi connectivity index (χ0n) is 8.04. The Hall–Kier alpha value is -1.53. The van der Waals surface area contributed by atoms with Crippen LogP contribution in [-0.2, 0) is 0 Å². The molecule has 0 heterocycles. The van der Waals surface area contributed by atoms with E-state index in [4.69, 9.17) is 9.05 Å². The Morgan fingerprint density at radius 1 is 0.600 bits per heavy atom. The van der Waals surface area contributed by atoms with Crippen LogP contribution in [0.1, 0.15) is 0 Å². The Bertz CT molecular complexity index is 349. The molecule has 0 saturated heterocycles. The van der Waals surface area contributed by atoms with E-state index in [-0.39, 0.29) is 0 Å². The average molecular weight is 217 g/mol. The number of hydrogen-bond donors (Lipinski definition) is 0. The molecule has 75 valence electrons. The molecule has 2 aromatic carbocycles. The number of benzene rings is 2. The predicted molar refractivity (Wildman–Crippen MR) is 61.1 cm³/mol. The molecule has 15 heavy (non-hydrogen) atoms. The van der Waals surface area contributed by atoms with E-state index in [1.54, 1.807) is 0 Å². The van der Waals surface area contributed by atoms with E-state index in [2.05, 4.69) is 0 Å². The van der Waals surface area contributed by atoms with E-state index in [9.17, 15) is 0 Å². The molecule has 0 aliphatic heterocycles. The second kappa shape index (κ2) is 5.38. The molecule has 0 aliphatic carbocycles. The zero-order chi connectivity index (χ0) is 10.3. The average Bonchev–Trinajstić information content (AvgIpc) is 2.32. The lowest BCUT2D eigenvalue weighted by atomic mass is 10.3. The molecule has 2 aromatic rings. The zero-order valence-corrected chi connectivity index (χ0v) is 8.93. The molecule has 0 fully saturated rings. The van der Waals surface area contributed by atoms with E-state index >= 15 is 0 Å². The third-order valence-electron chi connectivity index (χ3n) is 1.77. The Labute approximate surface area is 90.8 Å². The Kier molecular flexibility index (Phi) is 3.58. The molecule has 0 bridgehead atoms. The van der Waals surface area contributed by atoms with Crippen molar-refractivity contribution in [3.8, 4) is 11.5 Å². The van der Waals surface area contributed by atoms with E-state index < -0.39 is 0 Å². The molecule has 0 saturated carbocycles. The van der Waals surface area contributed by atoms with Gasteiger partial charge in [0.25, 0.3) is 0 Å². The highest BCUT2D eigenvalue weighted by atomic mass is 31.1. The van der Waals surface area contributed by atoms with Crippen LogP contribution >= 0.6 is 9.03 Å². The SMILES string of the molecule is c1ccc(O[P]Oc2ccccc2)cc1. The molecule has 2 nitrogen and oxygen atoms in total. The largest absolute Gasteiger partial charge is 0.431 e. The van der Waals surface area contributed by atoms with Crippen molar-refractivity contribution >= 4 is 9.03 Å². The van der Waals surface area contributed by atoms with Crippen LogP contribution in [0.4, 0.5) is 0 Å². The molecule has 0 amide bonds. The molecule has 3 heteroatoms. The molecule has 0 aliphatic rings. The highest BCUT2D eigenvalue weighted by Gasteiger charge is 1.96. The quantitative estimate of drug-likeness (QED) is 0.722. The van der Waals surface area contributed by atoms with Crippen molar-refractivity contribution in [1.82, 2.24) is 0 Å². The molecular formula is C12H10O2P. The van der Waals surface area contributed by atoms with Gasteiger partial charge in [-0.05, 0) is 24.3 Å². The van der Waals surface area contributed by atoms with Gasteiger partial charge in [-0.2, -0.15) is 0 Å². The van der Waals surface area contributed by atoms with Crippen LogP contribution in [0.2, 0.25) is 0 Å². The highest BCUT2D eigenvalue weighted by Crippen LogP contribution is 2.23. The lowest BCUT2D eigenvalue weighted by molar-refractivity contribution is 0.516. The maximum absolute atomic E-state index is 5.36. The summed E-state index contributed by atoms with van der Waals surface area (Å²) in [5.74, 6) is 1.60. The van der Waals surface area contributed by atoms with Crippen LogP contribution in [-0.4, -0.2) is 0 Å². The Balaban J connectivity index is 1.81. The van der Waals surface area contributed by atoms with E-state index in [1.165, 1.54) is 0 Å². The molecule has 0 aromatic heterocycles. The van der Waals surface area contributed by atoms with Crippen molar-refractivity contribution in [1.29, 1.82) is 0 Å². The van der Waals surface area contributed by atoms with Gasteiger partial charge in [0.1, 0.15) is 11.5 Å². The summed E-state index contributed by atoms with van der Waals surface area (Å²) >= 11 is 0. The number of hydrogen-bond acceptors (Lipinski definition) is 2. The summed E-state index contributed by atoms with van der Waals surface area (Å²) in [7, 11) is 0.473. The maximum Gasteiger partial charge on any atom is 0.405 e. The van der Waals surface area contributed by atoms with Crippen molar-refractivity contribution in [2.75, 3.05) is 0 Å². The third kappa shape index (κ3) is 3.26. The summed E-state index contributed by atoms with van der Waals surface area (Å²) < 4.78 is 10.7. The predicted octanol–water partition coefficient (Wildman–Crippen LogP) is 3.92. The fraction of sp³-hybridized carbons (Fsp3) is 0. The van der Waals surface area contributed by atoms with Crippen molar-refractivity contribution < 1.29 is 9.05 Å². The number of para-hydroxylation sites is 2. The number of rotatable bonds is 4. The van der Waals surface area contributed by atoms with E-state index in [0.29, 0.717) is 9.03 Å². The van der Waals surface area contributed by atoms with Crippen molar-refractivity contribution in [2.24, 2.45) is 0 Å². The van der Waals surface area contributed by atoms with Gasteiger partial charge in [-0.15, -0.1) is 0 Å². The second-order valence-corrected chi connectivity index (χ2v) is 3.40. The van der Waals surface area contributed by atoms with Crippen LogP contribution in [0.25, 0.3) is 0 Å². The molecule has 0 N–H and O–H groups in total. The van der Waals surface area contributed by atoms with Gasteiger partial charge in [-0.25, -0.2) is 0 Å². The Morgan fingerprint density at radius 3 is 1.40 bits per heavy atom. The van der Waals surface area contributed by atoms with Crippen molar-refractivity contribution in [3.05, 3.63) is 60.7 Å². The van der Waals surface area contributed by atoms with Gasteiger partial charge >= 0.3 is 9.03 Å². The summed E-state index contributed by atoms with van der Waals surface area (Å²) in [4.78, 5) is 0. The standard InChI is InChI=1S/C12H10O2P/c1-3-7-11(8-4-1)13-15-14-12-9-5-2-6-10-12/h1-10H. The normalized spacial score (nSPS) is 9.60. The first kappa shape index (κ1) is 10.0. The minimum Gasteiger partial charge on any atom is -0.431 e. The molecule has 0 unspecified atom stereocenters. The highest BCUT2D eigenvalue weighted by molar-refractivity contribution is 7.27. The first-order chi connectivity index (χ1) is 7.45. The second-order valence-electron chi connectivity index (χ2n) is 2.88. The summed E-state index contributed by atoms with van der Waals surface area (Å²) in [5, 5.41) is 0. The topological polar surface area (TPSA) is 18.5 Å². The van der Waals surface area contributed by atoms with E-state index in [1.807, 2.05) is 60.7 Å². The van der Waals surface area contributed by atoms with Gasteiger partial charge < -0.3 is 9.05 Å². The fourth-order valence-corrected chi connectivity index (χ4v) is 1.52. The smallest absolute Gasteiger partial charge is 0.405 e. The first-order valence-electron chi connectivity index (χ1n) is 4.59. The van der Waals surface area contributed by atoms with Crippen LogP contribution in [0.3, 0.4) is 0 Å². The van der Waals surface area contributed by atoms with Crippen LogP contribution in [0.5, 0.6) is 11.5 Å². The van der Waals surface area contributed by atoms with Crippen LogP contribution < -0.4 is 9.05 Å². The molecular weight excluding hydrogens is 207 g/mol. The molecule has 0 atom stereocenters. The minimum absolute atomic E-state index is 0.473.